The van der Waals surface area contributed by atoms with E-state index in [-0.39, 0.29) is 11.8 Å². The fourth-order valence-electron chi connectivity index (χ4n) is 1.95. The predicted molar refractivity (Wildman–Crippen MR) is 82.5 cm³/mol. The summed E-state index contributed by atoms with van der Waals surface area (Å²) in [6, 6.07) is 8.58. The van der Waals surface area contributed by atoms with E-state index >= 15 is 0 Å². The van der Waals surface area contributed by atoms with Gasteiger partial charge in [0, 0.05) is 28.7 Å². The molecule has 1 unspecified atom stereocenters. The Bertz CT molecular complexity index is 613. The quantitative estimate of drug-likeness (QED) is 0.835. The van der Waals surface area contributed by atoms with E-state index in [0.29, 0.717) is 12.2 Å². The van der Waals surface area contributed by atoms with Crippen molar-refractivity contribution >= 4 is 15.9 Å². The number of rotatable bonds is 5. The van der Waals surface area contributed by atoms with Crippen molar-refractivity contribution in [2.75, 3.05) is 0 Å². The predicted octanol–water partition coefficient (Wildman–Crippen LogP) is 4.80. The van der Waals surface area contributed by atoms with E-state index in [0.717, 1.165) is 34.7 Å². The van der Waals surface area contributed by atoms with Crippen LogP contribution in [0.2, 0.25) is 0 Å². The molecule has 21 heavy (non-hydrogen) atoms. The molecule has 0 aliphatic heterocycles. The van der Waals surface area contributed by atoms with Crippen molar-refractivity contribution in [3.8, 4) is 11.5 Å². The van der Waals surface area contributed by atoms with Crippen molar-refractivity contribution in [2.45, 2.75) is 25.8 Å². The van der Waals surface area contributed by atoms with Gasteiger partial charge in [-0.2, -0.15) is 0 Å². The molecule has 1 atom stereocenters. The summed E-state index contributed by atoms with van der Waals surface area (Å²) in [5.41, 5.74) is 6.87. The van der Waals surface area contributed by atoms with E-state index in [2.05, 4.69) is 15.9 Å². The molecule has 0 bridgehead atoms. The summed E-state index contributed by atoms with van der Waals surface area (Å²) in [5.74, 6) is -0.670. The highest BCUT2D eigenvalue weighted by atomic mass is 79.9. The molecule has 0 fully saturated rings. The largest absolute Gasteiger partial charge is 0.457 e. The lowest BCUT2D eigenvalue weighted by molar-refractivity contribution is 0.459. The summed E-state index contributed by atoms with van der Waals surface area (Å²) in [6.45, 7) is 2.01. The summed E-state index contributed by atoms with van der Waals surface area (Å²) >= 11 is 3.40. The molecule has 0 heterocycles. The van der Waals surface area contributed by atoms with E-state index in [1.807, 2.05) is 19.1 Å². The van der Waals surface area contributed by atoms with Crippen molar-refractivity contribution in [3.63, 3.8) is 0 Å². The maximum atomic E-state index is 13.2. The average molecular weight is 356 g/mol. The van der Waals surface area contributed by atoms with Gasteiger partial charge in [0.05, 0.1) is 0 Å². The molecule has 2 nitrogen and oxygen atoms in total. The highest BCUT2D eigenvalue weighted by Crippen LogP contribution is 2.30. The molecule has 0 saturated carbocycles. The van der Waals surface area contributed by atoms with Crippen LogP contribution >= 0.6 is 15.9 Å². The Morgan fingerprint density at radius 1 is 1.14 bits per heavy atom. The number of hydrogen-bond donors (Lipinski definition) is 1. The second-order valence-corrected chi connectivity index (χ2v) is 5.75. The SMILES string of the molecule is CCC(N)Cc1cc(Br)ccc1Oc1cc(F)cc(F)c1. The van der Waals surface area contributed by atoms with E-state index in [1.54, 1.807) is 6.07 Å². The lowest BCUT2D eigenvalue weighted by atomic mass is 10.0. The molecular formula is C16H16BrF2NO. The fraction of sp³-hybridized carbons (Fsp3) is 0.250. The van der Waals surface area contributed by atoms with E-state index in [1.165, 1.54) is 0 Å². The Kier molecular flexibility index (Phi) is 5.31. The molecule has 2 aromatic rings. The Morgan fingerprint density at radius 3 is 2.43 bits per heavy atom. The van der Waals surface area contributed by atoms with Gasteiger partial charge in [-0.05, 0) is 36.6 Å². The molecule has 112 valence electrons. The Balaban J connectivity index is 2.30. The monoisotopic (exact) mass is 355 g/mol. The Hall–Kier alpha value is -1.46. The molecule has 2 N–H and O–H groups in total. The zero-order chi connectivity index (χ0) is 15.4. The van der Waals surface area contributed by atoms with E-state index in [4.69, 9.17) is 10.5 Å². The number of nitrogens with two attached hydrogens (primary N) is 1. The third-order valence-corrected chi connectivity index (χ3v) is 3.59. The maximum absolute atomic E-state index is 13.2. The molecule has 5 heteroatoms. The lowest BCUT2D eigenvalue weighted by Gasteiger charge is -2.15. The van der Waals surface area contributed by atoms with Crippen LogP contribution in [-0.2, 0) is 6.42 Å². The fourth-order valence-corrected chi connectivity index (χ4v) is 2.36. The van der Waals surface area contributed by atoms with Gasteiger partial charge >= 0.3 is 0 Å². The summed E-state index contributed by atoms with van der Waals surface area (Å²) in [4.78, 5) is 0. The van der Waals surface area contributed by atoms with Gasteiger partial charge in [-0.1, -0.05) is 22.9 Å². The van der Waals surface area contributed by atoms with Gasteiger partial charge < -0.3 is 10.5 Å². The first kappa shape index (κ1) is 15.9. The molecule has 0 aliphatic carbocycles. The van der Waals surface area contributed by atoms with Crippen LogP contribution in [0.25, 0.3) is 0 Å². The molecule has 0 aliphatic rings. The maximum Gasteiger partial charge on any atom is 0.133 e. The number of halogens is 3. The molecule has 2 aromatic carbocycles. The Morgan fingerprint density at radius 2 is 1.81 bits per heavy atom. The van der Waals surface area contributed by atoms with Crippen molar-refractivity contribution < 1.29 is 13.5 Å². The second-order valence-electron chi connectivity index (χ2n) is 4.83. The smallest absolute Gasteiger partial charge is 0.133 e. The van der Waals surface area contributed by atoms with Crippen LogP contribution in [0.3, 0.4) is 0 Å². The first-order chi connectivity index (χ1) is 9.97. The summed E-state index contributed by atoms with van der Waals surface area (Å²) in [6.07, 6.45) is 1.46. The highest BCUT2D eigenvalue weighted by Gasteiger charge is 2.11. The van der Waals surface area contributed by atoms with Crippen molar-refractivity contribution in [2.24, 2.45) is 5.73 Å². The van der Waals surface area contributed by atoms with Crippen molar-refractivity contribution in [1.82, 2.24) is 0 Å². The number of hydrogen-bond acceptors (Lipinski definition) is 2. The van der Waals surface area contributed by atoms with Crippen LogP contribution in [0, 0.1) is 11.6 Å². The minimum atomic E-state index is -0.672. The normalized spacial score (nSPS) is 12.2. The highest BCUT2D eigenvalue weighted by molar-refractivity contribution is 9.10. The molecular weight excluding hydrogens is 340 g/mol. The van der Waals surface area contributed by atoms with Gasteiger partial charge in [0.1, 0.15) is 23.1 Å². The van der Waals surface area contributed by atoms with Gasteiger partial charge in [0.25, 0.3) is 0 Å². The number of ether oxygens (including phenoxy) is 1. The summed E-state index contributed by atoms with van der Waals surface area (Å²) in [5, 5.41) is 0. The van der Waals surface area contributed by atoms with Crippen LogP contribution in [0.15, 0.2) is 40.9 Å². The van der Waals surface area contributed by atoms with Crippen molar-refractivity contribution in [1.29, 1.82) is 0 Å². The van der Waals surface area contributed by atoms with Gasteiger partial charge in [-0.3, -0.25) is 0 Å². The standard InChI is InChI=1S/C16H16BrF2NO/c1-2-14(20)6-10-5-11(17)3-4-16(10)21-15-8-12(18)7-13(19)9-15/h3-5,7-9,14H,2,6,20H2,1H3. The molecule has 0 saturated heterocycles. The van der Waals surface area contributed by atoms with E-state index in [9.17, 15) is 8.78 Å². The third-order valence-electron chi connectivity index (χ3n) is 3.09. The second kappa shape index (κ2) is 7.00. The molecule has 0 aromatic heterocycles. The zero-order valence-electron chi connectivity index (χ0n) is 11.6. The van der Waals surface area contributed by atoms with Crippen LogP contribution in [0.4, 0.5) is 8.78 Å². The van der Waals surface area contributed by atoms with Crippen LogP contribution in [0.5, 0.6) is 11.5 Å². The van der Waals surface area contributed by atoms with Crippen LogP contribution < -0.4 is 10.5 Å². The Labute approximate surface area is 131 Å². The average Bonchev–Trinajstić information content (AvgIpc) is 2.40. The van der Waals surface area contributed by atoms with Gasteiger partial charge in [-0.25, -0.2) is 8.78 Å². The topological polar surface area (TPSA) is 35.2 Å². The lowest BCUT2D eigenvalue weighted by Crippen LogP contribution is -2.21. The third kappa shape index (κ3) is 4.51. The number of benzene rings is 2. The van der Waals surface area contributed by atoms with Crippen LogP contribution in [0.1, 0.15) is 18.9 Å². The molecule has 0 amide bonds. The molecule has 2 rings (SSSR count). The first-order valence-electron chi connectivity index (χ1n) is 6.66. The van der Waals surface area contributed by atoms with E-state index < -0.39 is 11.6 Å². The minimum Gasteiger partial charge on any atom is -0.457 e. The van der Waals surface area contributed by atoms with Gasteiger partial charge in [0.2, 0.25) is 0 Å². The summed E-state index contributed by atoms with van der Waals surface area (Å²) < 4.78 is 32.9. The molecule has 0 spiro atoms. The first-order valence-corrected chi connectivity index (χ1v) is 7.45. The minimum absolute atomic E-state index is 0.00546. The zero-order valence-corrected chi connectivity index (χ0v) is 13.2. The van der Waals surface area contributed by atoms with Crippen LogP contribution in [-0.4, -0.2) is 6.04 Å². The molecule has 0 radical (unpaired) electrons. The van der Waals surface area contributed by atoms with Gasteiger partial charge in [0.15, 0.2) is 0 Å². The van der Waals surface area contributed by atoms with Crippen molar-refractivity contribution in [3.05, 3.63) is 58.1 Å². The summed E-state index contributed by atoms with van der Waals surface area (Å²) in [7, 11) is 0. The van der Waals surface area contributed by atoms with Gasteiger partial charge in [-0.15, -0.1) is 0 Å².